The lowest BCUT2D eigenvalue weighted by atomic mass is 10.2. The quantitative estimate of drug-likeness (QED) is 0.459. The Hall–Kier alpha value is -1.60. The van der Waals surface area contributed by atoms with Crippen molar-refractivity contribution in [3.05, 3.63) is 23.8 Å². The van der Waals surface area contributed by atoms with Crippen molar-refractivity contribution in [2.75, 3.05) is 5.73 Å². The lowest BCUT2D eigenvalue weighted by Crippen LogP contribution is -2.16. The first kappa shape index (κ1) is 10.5. The Kier molecular flexibility index (Phi) is 2.45. The second-order valence-corrected chi connectivity index (χ2v) is 3.98. The number of benzene rings is 1. The van der Waals surface area contributed by atoms with Crippen LogP contribution in [0.25, 0.3) is 0 Å². The Morgan fingerprint density at radius 1 is 1.36 bits per heavy atom. The van der Waals surface area contributed by atoms with Crippen LogP contribution in [0.1, 0.15) is 10.4 Å². The van der Waals surface area contributed by atoms with E-state index in [1.165, 1.54) is 6.07 Å². The Morgan fingerprint density at radius 2 is 1.93 bits per heavy atom. The van der Waals surface area contributed by atoms with Gasteiger partial charge in [0.2, 0.25) is 5.91 Å². The van der Waals surface area contributed by atoms with Crippen molar-refractivity contribution in [2.24, 2.45) is 5.73 Å². The van der Waals surface area contributed by atoms with Gasteiger partial charge in [0.25, 0.3) is 10.1 Å². The second kappa shape index (κ2) is 3.28. The lowest BCUT2D eigenvalue weighted by molar-refractivity contribution is 0.0997. The molecule has 0 saturated carbocycles. The highest BCUT2D eigenvalue weighted by atomic mass is 32.2. The Balaban J connectivity index is 3.54. The normalized spacial score (nSPS) is 11.2. The molecule has 0 atom stereocenters. The number of carbonyl (C=O) groups is 1. The van der Waals surface area contributed by atoms with Crippen LogP contribution in [-0.4, -0.2) is 18.9 Å². The standard InChI is InChI=1S/C7H8N2O4S/c8-4-1-2-5(7(9)10)6(3-4)14(11,12)13/h1-3H,8H2,(H2,9,10)(H,11,12,13). The summed E-state index contributed by atoms with van der Waals surface area (Å²) in [6.07, 6.45) is 0. The number of hydrogen-bond donors (Lipinski definition) is 3. The lowest BCUT2D eigenvalue weighted by Gasteiger charge is -2.03. The van der Waals surface area contributed by atoms with Crippen LogP contribution in [0.15, 0.2) is 23.1 Å². The molecule has 5 N–H and O–H groups in total. The molecule has 1 rings (SSSR count). The van der Waals surface area contributed by atoms with Crippen molar-refractivity contribution in [3.8, 4) is 0 Å². The summed E-state index contributed by atoms with van der Waals surface area (Å²) in [5.41, 5.74) is 10.0. The maximum absolute atomic E-state index is 10.8. The molecule has 0 aliphatic carbocycles. The van der Waals surface area contributed by atoms with Crippen molar-refractivity contribution < 1.29 is 17.8 Å². The molecule has 7 heteroatoms. The van der Waals surface area contributed by atoms with Crippen molar-refractivity contribution in [1.29, 1.82) is 0 Å². The van der Waals surface area contributed by atoms with Gasteiger partial charge in [-0.15, -0.1) is 0 Å². The van der Waals surface area contributed by atoms with E-state index >= 15 is 0 Å². The smallest absolute Gasteiger partial charge is 0.295 e. The van der Waals surface area contributed by atoms with Crippen LogP contribution in [0.3, 0.4) is 0 Å². The predicted octanol–water partition coefficient (Wildman–Crippen LogP) is -0.386. The van der Waals surface area contributed by atoms with E-state index in [1.807, 2.05) is 0 Å². The largest absolute Gasteiger partial charge is 0.399 e. The molecule has 1 aromatic rings. The van der Waals surface area contributed by atoms with Gasteiger partial charge in [-0.05, 0) is 18.2 Å². The van der Waals surface area contributed by atoms with Gasteiger partial charge in [0, 0.05) is 5.69 Å². The maximum atomic E-state index is 10.8. The van der Waals surface area contributed by atoms with Crippen molar-refractivity contribution in [3.63, 3.8) is 0 Å². The van der Waals surface area contributed by atoms with Gasteiger partial charge in [-0.1, -0.05) is 0 Å². The molecule has 0 unspecified atom stereocenters. The fourth-order valence-corrected chi connectivity index (χ4v) is 1.69. The Bertz CT molecular complexity index is 480. The number of anilines is 1. The third kappa shape index (κ3) is 2.01. The van der Waals surface area contributed by atoms with E-state index < -0.39 is 20.9 Å². The zero-order valence-electron chi connectivity index (χ0n) is 6.97. The first-order valence-corrected chi connectivity index (χ1v) is 4.93. The van der Waals surface area contributed by atoms with E-state index in [4.69, 9.17) is 16.0 Å². The van der Waals surface area contributed by atoms with Gasteiger partial charge in [-0.2, -0.15) is 8.42 Å². The number of primary amides is 1. The molecule has 0 bridgehead atoms. The summed E-state index contributed by atoms with van der Waals surface area (Å²) in [4.78, 5) is 10.2. The zero-order chi connectivity index (χ0) is 10.9. The van der Waals surface area contributed by atoms with Gasteiger partial charge >= 0.3 is 0 Å². The number of carbonyl (C=O) groups excluding carboxylic acids is 1. The molecular weight excluding hydrogens is 208 g/mol. The third-order valence-corrected chi connectivity index (χ3v) is 2.44. The molecule has 14 heavy (non-hydrogen) atoms. The summed E-state index contributed by atoms with van der Waals surface area (Å²) in [6, 6.07) is 3.42. The minimum Gasteiger partial charge on any atom is -0.399 e. The van der Waals surface area contributed by atoms with Crippen LogP contribution < -0.4 is 11.5 Å². The van der Waals surface area contributed by atoms with E-state index in [0.717, 1.165) is 12.1 Å². The van der Waals surface area contributed by atoms with E-state index in [2.05, 4.69) is 0 Å². The molecule has 0 aliphatic heterocycles. The monoisotopic (exact) mass is 216 g/mol. The number of nitrogens with two attached hydrogens (primary N) is 2. The maximum Gasteiger partial charge on any atom is 0.295 e. The molecule has 0 spiro atoms. The van der Waals surface area contributed by atoms with Gasteiger partial charge in [-0.3, -0.25) is 9.35 Å². The van der Waals surface area contributed by atoms with Gasteiger partial charge in [0.1, 0.15) is 4.90 Å². The fourth-order valence-electron chi connectivity index (χ4n) is 0.956. The molecule has 76 valence electrons. The second-order valence-electron chi connectivity index (χ2n) is 2.59. The molecule has 0 fully saturated rings. The first-order chi connectivity index (χ1) is 6.32. The van der Waals surface area contributed by atoms with Crippen LogP contribution in [0.2, 0.25) is 0 Å². The van der Waals surface area contributed by atoms with E-state index in [-0.39, 0.29) is 11.3 Å². The van der Waals surface area contributed by atoms with Crippen LogP contribution in [0.4, 0.5) is 5.69 Å². The van der Waals surface area contributed by atoms with Gasteiger partial charge in [0.05, 0.1) is 5.56 Å². The van der Waals surface area contributed by atoms with E-state index in [9.17, 15) is 13.2 Å². The van der Waals surface area contributed by atoms with Crippen LogP contribution in [-0.2, 0) is 10.1 Å². The van der Waals surface area contributed by atoms with Crippen LogP contribution in [0.5, 0.6) is 0 Å². The minimum atomic E-state index is -4.48. The Labute approximate surface area is 80.3 Å². The average molecular weight is 216 g/mol. The SMILES string of the molecule is NC(=O)c1ccc(N)cc1S(=O)(=O)O. The highest BCUT2D eigenvalue weighted by Gasteiger charge is 2.18. The molecule has 6 nitrogen and oxygen atoms in total. The molecule has 1 aromatic carbocycles. The third-order valence-electron chi connectivity index (χ3n) is 1.55. The summed E-state index contributed by atoms with van der Waals surface area (Å²) >= 11 is 0. The zero-order valence-corrected chi connectivity index (χ0v) is 7.78. The van der Waals surface area contributed by atoms with Crippen LogP contribution in [0, 0.1) is 0 Å². The molecule has 0 aromatic heterocycles. The Morgan fingerprint density at radius 3 is 2.36 bits per heavy atom. The van der Waals surface area contributed by atoms with Crippen molar-refractivity contribution in [2.45, 2.75) is 4.90 Å². The van der Waals surface area contributed by atoms with Gasteiger partial charge < -0.3 is 11.5 Å². The average Bonchev–Trinajstić information content (AvgIpc) is 2.01. The van der Waals surface area contributed by atoms with E-state index in [1.54, 1.807) is 0 Å². The topological polar surface area (TPSA) is 123 Å². The molecule has 0 radical (unpaired) electrons. The van der Waals surface area contributed by atoms with Gasteiger partial charge in [-0.25, -0.2) is 0 Å². The highest BCUT2D eigenvalue weighted by molar-refractivity contribution is 7.86. The summed E-state index contributed by atoms with van der Waals surface area (Å²) in [5.74, 6) is -0.947. The van der Waals surface area contributed by atoms with E-state index in [0.29, 0.717) is 0 Å². The molecule has 0 saturated heterocycles. The number of amides is 1. The molecular formula is C7H8N2O4S. The number of hydrogen-bond acceptors (Lipinski definition) is 4. The summed E-state index contributed by atoms with van der Waals surface area (Å²) in [6.45, 7) is 0. The summed E-state index contributed by atoms with van der Waals surface area (Å²) < 4.78 is 30.4. The van der Waals surface area contributed by atoms with Crippen molar-refractivity contribution in [1.82, 2.24) is 0 Å². The number of rotatable bonds is 2. The number of nitrogen functional groups attached to an aromatic ring is 1. The minimum absolute atomic E-state index is 0.114. The predicted molar refractivity (Wildman–Crippen MR) is 49.2 cm³/mol. The summed E-state index contributed by atoms with van der Waals surface area (Å²) in [5, 5.41) is 0. The molecule has 0 aliphatic rings. The first-order valence-electron chi connectivity index (χ1n) is 3.49. The fraction of sp³-hybridized carbons (Fsp3) is 0. The van der Waals surface area contributed by atoms with Crippen LogP contribution >= 0.6 is 0 Å². The van der Waals surface area contributed by atoms with Gasteiger partial charge in [0.15, 0.2) is 0 Å². The highest BCUT2D eigenvalue weighted by Crippen LogP contribution is 2.18. The summed E-state index contributed by atoms with van der Waals surface area (Å²) in [7, 11) is -4.48. The molecule has 1 amide bonds. The molecule has 0 heterocycles. The van der Waals surface area contributed by atoms with Crippen molar-refractivity contribution >= 4 is 21.7 Å².